The molecule has 0 saturated heterocycles. The molecule has 0 saturated carbocycles. The van der Waals surface area contributed by atoms with E-state index in [2.05, 4.69) is 9.97 Å². The van der Waals surface area contributed by atoms with Gasteiger partial charge >= 0.3 is 0 Å². The zero-order valence-electron chi connectivity index (χ0n) is 8.53. The van der Waals surface area contributed by atoms with Crippen molar-refractivity contribution >= 4 is 16.9 Å². The van der Waals surface area contributed by atoms with E-state index in [1.165, 1.54) is 0 Å². The fourth-order valence-electron chi connectivity index (χ4n) is 1.60. The van der Waals surface area contributed by atoms with E-state index in [4.69, 9.17) is 5.73 Å². The molecule has 0 bridgehead atoms. The fourth-order valence-corrected chi connectivity index (χ4v) is 1.60. The molecule has 1 aromatic carbocycles. The number of nitrogens with two attached hydrogens (primary N) is 1. The van der Waals surface area contributed by atoms with Crippen molar-refractivity contribution in [2.75, 3.05) is 0 Å². The van der Waals surface area contributed by atoms with Crippen molar-refractivity contribution in [1.29, 1.82) is 0 Å². The number of hydrogen-bond acceptors (Lipinski definition) is 2. The van der Waals surface area contributed by atoms with Crippen LogP contribution in [0.15, 0.2) is 24.3 Å². The van der Waals surface area contributed by atoms with Crippen LogP contribution in [0.3, 0.4) is 0 Å². The summed E-state index contributed by atoms with van der Waals surface area (Å²) in [6.07, 6.45) is 0.319. The molecule has 1 aromatic heterocycles. The molecular weight excluding hydrogens is 190 g/mol. The number of primary amides is 1. The van der Waals surface area contributed by atoms with Gasteiger partial charge in [0, 0.05) is 12.3 Å². The second-order valence-corrected chi connectivity index (χ2v) is 3.71. The Morgan fingerprint density at radius 1 is 1.53 bits per heavy atom. The maximum atomic E-state index is 10.8. The number of aromatic nitrogens is 2. The maximum absolute atomic E-state index is 10.8. The predicted molar refractivity (Wildman–Crippen MR) is 58.3 cm³/mol. The zero-order valence-corrected chi connectivity index (χ0v) is 8.53. The van der Waals surface area contributed by atoms with Gasteiger partial charge in [-0.2, -0.15) is 0 Å². The van der Waals surface area contributed by atoms with E-state index in [9.17, 15) is 4.79 Å². The normalized spacial score (nSPS) is 12.9. The number of H-pyrrole nitrogens is 1. The largest absolute Gasteiger partial charge is 0.370 e. The standard InChI is InChI=1S/C11H13N3O/c1-7(6-10(12)15)11-13-8-4-2-3-5-9(8)14-11/h2-5,7H,6H2,1H3,(H2,12,15)(H,13,14)/t7-/m1/s1. The Balaban J connectivity index is 2.32. The topological polar surface area (TPSA) is 71.8 Å². The average Bonchev–Trinajstić information content (AvgIpc) is 2.59. The van der Waals surface area contributed by atoms with Gasteiger partial charge in [0.25, 0.3) is 0 Å². The minimum absolute atomic E-state index is 0.0369. The molecule has 3 N–H and O–H groups in total. The molecular formula is C11H13N3O. The third kappa shape index (κ3) is 1.98. The highest BCUT2D eigenvalue weighted by atomic mass is 16.1. The number of nitrogens with one attached hydrogen (secondary N) is 1. The van der Waals surface area contributed by atoms with Crippen LogP contribution in [0.5, 0.6) is 0 Å². The number of amides is 1. The number of aromatic amines is 1. The summed E-state index contributed by atoms with van der Waals surface area (Å²) in [6.45, 7) is 1.93. The van der Waals surface area contributed by atoms with Gasteiger partial charge < -0.3 is 10.7 Å². The molecule has 0 aliphatic heterocycles. The summed E-state index contributed by atoms with van der Waals surface area (Å²) >= 11 is 0. The first-order chi connectivity index (χ1) is 7.16. The first-order valence-electron chi connectivity index (χ1n) is 4.90. The Morgan fingerprint density at radius 2 is 2.27 bits per heavy atom. The number of hydrogen-bond donors (Lipinski definition) is 2. The number of benzene rings is 1. The lowest BCUT2D eigenvalue weighted by atomic mass is 10.1. The Labute approximate surface area is 87.5 Å². The number of nitrogens with zero attached hydrogens (tertiary/aromatic N) is 1. The Kier molecular flexibility index (Phi) is 2.41. The van der Waals surface area contributed by atoms with Crippen molar-refractivity contribution < 1.29 is 4.79 Å². The summed E-state index contributed by atoms with van der Waals surface area (Å²) < 4.78 is 0. The lowest BCUT2D eigenvalue weighted by molar-refractivity contribution is -0.118. The van der Waals surface area contributed by atoms with E-state index in [1.807, 2.05) is 31.2 Å². The molecule has 4 nitrogen and oxygen atoms in total. The highest BCUT2D eigenvalue weighted by molar-refractivity contribution is 5.76. The number of para-hydroxylation sites is 2. The smallest absolute Gasteiger partial charge is 0.218 e. The van der Waals surface area contributed by atoms with Gasteiger partial charge in [0.2, 0.25) is 5.91 Å². The molecule has 2 rings (SSSR count). The van der Waals surface area contributed by atoms with E-state index in [-0.39, 0.29) is 11.8 Å². The lowest BCUT2D eigenvalue weighted by Crippen LogP contribution is -2.14. The molecule has 15 heavy (non-hydrogen) atoms. The van der Waals surface area contributed by atoms with E-state index < -0.39 is 0 Å². The molecule has 0 unspecified atom stereocenters. The fraction of sp³-hybridized carbons (Fsp3) is 0.273. The zero-order chi connectivity index (χ0) is 10.8. The molecule has 0 radical (unpaired) electrons. The highest BCUT2D eigenvalue weighted by Gasteiger charge is 2.12. The van der Waals surface area contributed by atoms with Gasteiger partial charge in [-0.15, -0.1) is 0 Å². The molecule has 0 spiro atoms. The maximum Gasteiger partial charge on any atom is 0.218 e. The Bertz CT molecular complexity index is 456. The van der Waals surface area contributed by atoms with Crippen molar-refractivity contribution in [3.63, 3.8) is 0 Å². The van der Waals surface area contributed by atoms with Crippen LogP contribution in [0.4, 0.5) is 0 Å². The number of rotatable bonds is 3. The van der Waals surface area contributed by atoms with Gasteiger partial charge in [-0.05, 0) is 12.1 Å². The average molecular weight is 203 g/mol. The SMILES string of the molecule is C[C@H](CC(N)=O)c1nc2ccccc2[nH]1. The van der Waals surface area contributed by atoms with Gasteiger partial charge in [0.05, 0.1) is 11.0 Å². The second kappa shape index (κ2) is 3.73. The van der Waals surface area contributed by atoms with Gasteiger partial charge in [-0.1, -0.05) is 19.1 Å². The van der Waals surface area contributed by atoms with Crippen molar-refractivity contribution in [2.24, 2.45) is 5.73 Å². The number of carbonyl (C=O) groups is 1. The van der Waals surface area contributed by atoms with Crippen LogP contribution in [-0.2, 0) is 4.79 Å². The molecule has 78 valence electrons. The molecule has 4 heteroatoms. The molecule has 0 aliphatic rings. The second-order valence-electron chi connectivity index (χ2n) is 3.71. The highest BCUT2D eigenvalue weighted by Crippen LogP contribution is 2.19. The molecule has 0 fully saturated rings. The molecule has 0 aliphatic carbocycles. The molecule has 1 heterocycles. The molecule has 2 aromatic rings. The Morgan fingerprint density at radius 3 is 2.93 bits per heavy atom. The van der Waals surface area contributed by atoms with Crippen LogP contribution in [0.2, 0.25) is 0 Å². The van der Waals surface area contributed by atoms with Crippen LogP contribution >= 0.6 is 0 Å². The quantitative estimate of drug-likeness (QED) is 0.794. The molecule has 1 atom stereocenters. The van der Waals surface area contributed by atoms with Crippen LogP contribution < -0.4 is 5.73 Å². The molecule has 1 amide bonds. The van der Waals surface area contributed by atoms with Crippen LogP contribution in [0, 0.1) is 0 Å². The van der Waals surface area contributed by atoms with Gasteiger partial charge in [0.1, 0.15) is 5.82 Å². The van der Waals surface area contributed by atoms with E-state index >= 15 is 0 Å². The van der Waals surface area contributed by atoms with Crippen molar-refractivity contribution in [2.45, 2.75) is 19.3 Å². The summed E-state index contributed by atoms with van der Waals surface area (Å²) in [5.41, 5.74) is 7.05. The predicted octanol–water partition coefficient (Wildman–Crippen LogP) is 1.54. The summed E-state index contributed by atoms with van der Waals surface area (Å²) in [7, 11) is 0. The van der Waals surface area contributed by atoms with E-state index in [1.54, 1.807) is 0 Å². The minimum Gasteiger partial charge on any atom is -0.370 e. The van der Waals surface area contributed by atoms with Crippen molar-refractivity contribution in [3.8, 4) is 0 Å². The first kappa shape index (κ1) is 9.71. The Hall–Kier alpha value is -1.84. The van der Waals surface area contributed by atoms with Gasteiger partial charge in [0.15, 0.2) is 0 Å². The van der Waals surface area contributed by atoms with E-state index in [0.29, 0.717) is 6.42 Å². The minimum atomic E-state index is -0.303. The number of imidazole rings is 1. The first-order valence-corrected chi connectivity index (χ1v) is 4.90. The van der Waals surface area contributed by atoms with Crippen molar-refractivity contribution in [3.05, 3.63) is 30.1 Å². The lowest BCUT2D eigenvalue weighted by Gasteiger charge is -2.03. The van der Waals surface area contributed by atoms with E-state index in [0.717, 1.165) is 16.9 Å². The monoisotopic (exact) mass is 203 g/mol. The van der Waals surface area contributed by atoms with Crippen LogP contribution in [-0.4, -0.2) is 15.9 Å². The third-order valence-corrected chi connectivity index (χ3v) is 2.38. The summed E-state index contributed by atoms with van der Waals surface area (Å²) in [5.74, 6) is 0.549. The number of carbonyl (C=O) groups excluding carboxylic acids is 1. The van der Waals surface area contributed by atoms with Gasteiger partial charge in [-0.25, -0.2) is 4.98 Å². The van der Waals surface area contributed by atoms with Gasteiger partial charge in [-0.3, -0.25) is 4.79 Å². The van der Waals surface area contributed by atoms with Crippen molar-refractivity contribution in [1.82, 2.24) is 9.97 Å². The van der Waals surface area contributed by atoms with Crippen LogP contribution in [0.1, 0.15) is 25.1 Å². The summed E-state index contributed by atoms with van der Waals surface area (Å²) in [4.78, 5) is 18.4. The summed E-state index contributed by atoms with van der Waals surface area (Å²) in [6, 6.07) is 7.78. The number of fused-ring (bicyclic) bond motifs is 1. The van der Waals surface area contributed by atoms with Crippen LogP contribution in [0.25, 0.3) is 11.0 Å². The third-order valence-electron chi connectivity index (χ3n) is 2.38. The summed E-state index contributed by atoms with van der Waals surface area (Å²) in [5, 5.41) is 0.